The Bertz CT molecular complexity index is 667. The van der Waals surface area contributed by atoms with Crippen LogP contribution in [0.2, 0.25) is 0 Å². The van der Waals surface area contributed by atoms with Crippen molar-refractivity contribution in [2.45, 2.75) is 27.2 Å². The predicted octanol–water partition coefficient (Wildman–Crippen LogP) is 3.77. The van der Waals surface area contributed by atoms with Gasteiger partial charge in [0.25, 0.3) is 5.91 Å². The molecule has 0 bridgehead atoms. The fourth-order valence-electron chi connectivity index (χ4n) is 3.30. The van der Waals surface area contributed by atoms with Crippen LogP contribution in [0.3, 0.4) is 0 Å². The molecule has 1 aliphatic heterocycles. The molecule has 4 nitrogen and oxygen atoms in total. The average Bonchev–Trinajstić information content (AvgIpc) is 2.95. The molecule has 0 aliphatic carbocycles. The van der Waals surface area contributed by atoms with Crippen molar-refractivity contribution in [3.63, 3.8) is 0 Å². The summed E-state index contributed by atoms with van der Waals surface area (Å²) < 4.78 is 5.37. The molecule has 1 aromatic carbocycles. The van der Waals surface area contributed by atoms with E-state index >= 15 is 0 Å². The minimum Gasteiger partial charge on any atom is -0.355 e. The van der Waals surface area contributed by atoms with Crippen LogP contribution in [-0.4, -0.2) is 29.1 Å². The summed E-state index contributed by atoms with van der Waals surface area (Å²) in [5.74, 6) is 1.69. The van der Waals surface area contributed by atoms with E-state index in [1.54, 1.807) is 6.07 Å². The number of carbonyl (C=O) groups is 1. The molecule has 1 aliphatic rings. The summed E-state index contributed by atoms with van der Waals surface area (Å²) in [5.41, 5.74) is 2.50. The number of amides is 1. The molecule has 4 heteroatoms. The van der Waals surface area contributed by atoms with Gasteiger partial charge in [-0.15, -0.1) is 0 Å². The van der Waals surface area contributed by atoms with Gasteiger partial charge in [-0.05, 0) is 31.2 Å². The van der Waals surface area contributed by atoms with E-state index < -0.39 is 0 Å². The Hall–Kier alpha value is -2.10. The van der Waals surface area contributed by atoms with E-state index in [4.69, 9.17) is 4.52 Å². The molecule has 1 aromatic heterocycles. The standard InChI is InChI=1S/C18H22N2O2/c1-12-5-4-6-15(8-12)17-9-16(19-22-17)18(21)20-10-13(2)7-14(3)11-20/h4-6,8-9,13-14H,7,10-11H2,1-3H3/t13-,14-/m0/s1. The molecule has 1 amide bonds. The van der Waals surface area contributed by atoms with Crippen LogP contribution < -0.4 is 0 Å². The number of piperidine rings is 1. The van der Waals surface area contributed by atoms with Crippen LogP contribution in [0.25, 0.3) is 11.3 Å². The first-order chi connectivity index (χ1) is 10.5. The van der Waals surface area contributed by atoms with Gasteiger partial charge in [0, 0.05) is 24.7 Å². The molecule has 116 valence electrons. The highest BCUT2D eigenvalue weighted by atomic mass is 16.5. The molecule has 0 unspecified atom stereocenters. The van der Waals surface area contributed by atoms with Crippen molar-refractivity contribution < 1.29 is 9.32 Å². The first-order valence-electron chi connectivity index (χ1n) is 7.86. The lowest BCUT2D eigenvalue weighted by atomic mass is 9.92. The van der Waals surface area contributed by atoms with Crippen LogP contribution in [-0.2, 0) is 0 Å². The minimum atomic E-state index is -0.0268. The number of aryl methyl sites for hydroxylation is 1. The first kappa shape index (κ1) is 14.8. The van der Waals surface area contributed by atoms with Crippen molar-refractivity contribution in [2.75, 3.05) is 13.1 Å². The van der Waals surface area contributed by atoms with Gasteiger partial charge in [-0.3, -0.25) is 4.79 Å². The summed E-state index contributed by atoms with van der Waals surface area (Å²) in [4.78, 5) is 14.5. The Morgan fingerprint density at radius 2 is 1.95 bits per heavy atom. The van der Waals surface area contributed by atoms with Crippen molar-refractivity contribution in [1.82, 2.24) is 10.1 Å². The van der Waals surface area contributed by atoms with Gasteiger partial charge in [0.05, 0.1) is 0 Å². The lowest BCUT2D eigenvalue weighted by molar-refractivity contribution is 0.0613. The molecule has 2 aromatic rings. The largest absolute Gasteiger partial charge is 0.355 e. The quantitative estimate of drug-likeness (QED) is 0.848. The molecule has 0 spiro atoms. The fraction of sp³-hybridized carbons (Fsp3) is 0.444. The molecule has 0 saturated carbocycles. The van der Waals surface area contributed by atoms with Crippen LogP contribution in [0.5, 0.6) is 0 Å². The summed E-state index contributed by atoms with van der Waals surface area (Å²) in [6.07, 6.45) is 1.18. The maximum Gasteiger partial charge on any atom is 0.276 e. The van der Waals surface area contributed by atoms with Crippen LogP contribution in [0.1, 0.15) is 36.3 Å². The Morgan fingerprint density at radius 1 is 1.23 bits per heavy atom. The van der Waals surface area contributed by atoms with Gasteiger partial charge in [-0.25, -0.2) is 0 Å². The van der Waals surface area contributed by atoms with Crippen molar-refractivity contribution in [1.29, 1.82) is 0 Å². The Balaban J connectivity index is 1.80. The third-order valence-electron chi connectivity index (χ3n) is 4.19. The molecule has 2 atom stereocenters. The number of aromatic nitrogens is 1. The number of rotatable bonds is 2. The van der Waals surface area contributed by atoms with Crippen LogP contribution in [0, 0.1) is 18.8 Å². The van der Waals surface area contributed by atoms with Crippen LogP contribution in [0.4, 0.5) is 0 Å². The molecule has 1 saturated heterocycles. The molecule has 0 N–H and O–H groups in total. The zero-order valence-electron chi connectivity index (χ0n) is 13.4. The summed E-state index contributed by atoms with van der Waals surface area (Å²) in [5, 5.41) is 3.98. The molecule has 22 heavy (non-hydrogen) atoms. The van der Waals surface area contributed by atoms with Gasteiger partial charge < -0.3 is 9.42 Å². The van der Waals surface area contributed by atoms with E-state index in [-0.39, 0.29) is 5.91 Å². The van der Waals surface area contributed by atoms with Crippen molar-refractivity contribution in [3.05, 3.63) is 41.6 Å². The minimum absolute atomic E-state index is 0.0268. The first-order valence-corrected chi connectivity index (χ1v) is 7.86. The highest BCUT2D eigenvalue weighted by Gasteiger charge is 2.28. The smallest absolute Gasteiger partial charge is 0.276 e. The third kappa shape index (κ3) is 3.06. The highest BCUT2D eigenvalue weighted by molar-refractivity contribution is 5.93. The monoisotopic (exact) mass is 298 g/mol. The Morgan fingerprint density at radius 3 is 2.64 bits per heavy atom. The fourth-order valence-corrected chi connectivity index (χ4v) is 3.30. The Kier molecular flexibility index (Phi) is 4.01. The zero-order chi connectivity index (χ0) is 15.7. The van der Waals surface area contributed by atoms with Crippen LogP contribution >= 0.6 is 0 Å². The molecular weight excluding hydrogens is 276 g/mol. The topological polar surface area (TPSA) is 46.3 Å². The van der Waals surface area contributed by atoms with Gasteiger partial charge in [-0.1, -0.05) is 42.8 Å². The van der Waals surface area contributed by atoms with Crippen LogP contribution in [0.15, 0.2) is 34.9 Å². The number of benzene rings is 1. The number of likely N-dealkylation sites (tertiary alicyclic amines) is 1. The third-order valence-corrected chi connectivity index (χ3v) is 4.19. The van der Waals surface area contributed by atoms with E-state index in [0.29, 0.717) is 23.3 Å². The van der Waals surface area contributed by atoms with Crippen molar-refractivity contribution >= 4 is 5.91 Å². The molecule has 1 fully saturated rings. The summed E-state index contributed by atoms with van der Waals surface area (Å²) in [7, 11) is 0. The van der Waals surface area contributed by atoms with E-state index in [1.807, 2.05) is 36.1 Å². The Labute approximate surface area is 131 Å². The van der Waals surface area contributed by atoms with Crippen molar-refractivity contribution in [2.24, 2.45) is 11.8 Å². The van der Waals surface area contributed by atoms with E-state index in [9.17, 15) is 4.79 Å². The predicted molar refractivity (Wildman–Crippen MR) is 85.5 cm³/mol. The molecule has 2 heterocycles. The lowest BCUT2D eigenvalue weighted by Crippen LogP contribution is -2.42. The number of nitrogens with zero attached hydrogens (tertiary/aromatic N) is 2. The number of hydrogen-bond acceptors (Lipinski definition) is 3. The summed E-state index contributed by atoms with van der Waals surface area (Å²) >= 11 is 0. The maximum absolute atomic E-state index is 12.6. The van der Waals surface area contributed by atoms with Gasteiger partial charge in [0.2, 0.25) is 0 Å². The highest BCUT2D eigenvalue weighted by Crippen LogP contribution is 2.25. The lowest BCUT2D eigenvalue weighted by Gasteiger charge is -2.34. The van der Waals surface area contributed by atoms with Gasteiger partial charge >= 0.3 is 0 Å². The number of hydrogen-bond donors (Lipinski definition) is 0. The van der Waals surface area contributed by atoms with Gasteiger partial charge in [-0.2, -0.15) is 0 Å². The van der Waals surface area contributed by atoms with Gasteiger partial charge in [0.1, 0.15) is 0 Å². The van der Waals surface area contributed by atoms with E-state index in [2.05, 4.69) is 19.0 Å². The molecule has 0 radical (unpaired) electrons. The van der Waals surface area contributed by atoms with Crippen molar-refractivity contribution in [3.8, 4) is 11.3 Å². The maximum atomic E-state index is 12.6. The molecular formula is C18H22N2O2. The normalized spacial score (nSPS) is 21.9. The summed E-state index contributed by atoms with van der Waals surface area (Å²) in [6, 6.07) is 9.75. The summed E-state index contributed by atoms with van der Waals surface area (Å²) in [6.45, 7) is 8.02. The second kappa shape index (κ2) is 5.95. The second-order valence-corrected chi connectivity index (χ2v) is 6.60. The SMILES string of the molecule is Cc1cccc(-c2cc(C(=O)N3C[C@@H](C)C[C@H](C)C3)no2)c1. The van der Waals surface area contributed by atoms with E-state index in [1.165, 1.54) is 6.42 Å². The zero-order valence-corrected chi connectivity index (χ0v) is 13.4. The van der Waals surface area contributed by atoms with E-state index in [0.717, 1.165) is 24.2 Å². The van der Waals surface area contributed by atoms with Gasteiger partial charge in [0.15, 0.2) is 11.5 Å². The second-order valence-electron chi connectivity index (χ2n) is 6.60. The molecule has 3 rings (SSSR count). The number of carbonyl (C=O) groups excluding carboxylic acids is 1. The average molecular weight is 298 g/mol.